The van der Waals surface area contributed by atoms with Crippen molar-refractivity contribution in [2.45, 2.75) is 26.7 Å². The summed E-state index contributed by atoms with van der Waals surface area (Å²) in [6.07, 6.45) is 0. The molecule has 1 heterocycles. The molecule has 0 fully saturated rings. The lowest BCUT2D eigenvalue weighted by molar-refractivity contribution is -0.383. The number of aryl methyl sites for hydroxylation is 1. The van der Waals surface area contributed by atoms with Gasteiger partial charge in [0.1, 0.15) is 5.69 Å². The second-order valence-corrected chi connectivity index (χ2v) is 7.64. The van der Waals surface area contributed by atoms with E-state index in [1.54, 1.807) is 27.2 Å². The predicted molar refractivity (Wildman–Crippen MR) is 120 cm³/mol. The number of nitrogens with zero attached hydrogens (tertiary/aromatic N) is 3. The van der Waals surface area contributed by atoms with Crippen LogP contribution in [0.25, 0.3) is 0 Å². The number of hydrogen-bond donors (Lipinski definition) is 1. The third-order valence-electron chi connectivity index (χ3n) is 4.67. The maximum absolute atomic E-state index is 12.0. The summed E-state index contributed by atoms with van der Waals surface area (Å²) in [6.45, 7) is 7.76. The van der Waals surface area contributed by atoms with Crippen LogP contribution in [0.4, 0.5) is 22.9 Å². The van der Waals surface area contributed by atoms with E-state index in [9.17, 15) is 10.1 Å². The molecule has 1 N–H and O–H groups in total. The normalized spacial score (nSPS) is 11.0. The molecule has 9 heteroatoms. The van der Waals surface area contributed by atoms with E-state index in [0.717, 1.165) is 5.56 Å². The van der Waals surface area contributed by atoms with Crippen LogP contribution in [0, 0.1) is 17.0 Å². The number of halogens is 1. The summed E-state index contributed by atoms with van der Waals surface area (Å²) in [6, 6.07) is 7.34. The fourth-order valence-corrected chi connectivity index (χ4v) is 3.27. The van der Waals surface area contributed by atoms with E-state index in [4.69, 9.17) is 21.1 Å². The first-order valence-corrected chi connectivity index (χ1v) is 10.1. The molecule has 0 aliphatic carbocycles. The van der Waals surface area contributed by atoms with Crippen molar-refractivity contribution < 1.29 is 14.4 Å². The fraction of sp³-hybridized carbons (Fsp3) is 0.476. The highest BCUT2D eigenvalue weighted by Crippen LogP contribution is 2.38. The van der Waals surface area contributed by atoms with E-state index in [1.807, 2.05) is 23.1 Å². The lowest BCUT2D eigenvalue weighted by Gasteiger charge is -2.25. The first-order valence-electron chi connectivity index (χ1n) is 9.73. The summed E-state index contributed by atoms with van der Waals surface area (Å²) in [7, 11) is 3.19. The van der Waals surface area contributed by atoms with Gasteiger partial charge in [-0.25, -0.2) is 4.98 Å². The zero-order chi connectivity index (χ0) is 22.3. The number of benzene rings is 1. The number of rotatable bonds is 11. The van der Waals surface area contributed by atoms with E-state index in [-0.39, 0.29) is 11.5 Å². The molecular formula is C21H29ClN4O4. The van der Waals surface area contributed by atoms with Gasteiger partial charge in [0.25, 0.3) is 0 Å². The molecular weight excluding hydrogens is 408 g/mol. The Labute approximate surface area is 182 Å². The van der Waals surface area contributed by atoms with Crippen molar-refractivity contribution in [3.05, 3.63) is 50.7 Å². The number of ether oxygens (including phenoxy) is 2. The third kappa shape index (κ3) is 6.04. The van der Waals surface area contributed by atoms with Gasteiger partial charge < -0.3 is 19.7 Å². The van der Waals surface area contributed by atoms with E-state index in [1.165, 1.54) is 0 Å². The van der Waals surface area contributed by atoms with Gasteiger partial charge in [0.15, 0.2) is 0 Å². The first-order chi connectivity index (χ1) is 14.3. The van der Waals surface area contributed by atoms with E-state index >= 15 is 0 Å². The Morgan fingerprint density at radius 1 is 1.20 bits per heavy atom. The number of anilines is 3. The van der Waals surface area contributed by atoms with Gasteiger partial charge in [-0.1, -0.05) is 31.5 Å². The molecule has 0 saturated heterocycles. The molecule has 0 unspecified atom stereocenters. The van der Waals surface area contributed by atoms with E-state index in [2.05, 4.69) is 24.1 Å². The van der Waals surface area contributed by atoms with Gasteiger partial charge in [-0.3, -0.25) is 10.1 Å². The lowest BCUT2D eigenvalue weighted by atomic mass is 10.0. The Balaban J connectivity index is 2.51. The van der Waals surface area contributed by atoms with E-state index in [0.29, 0.717) is 54.3 Å². The highest BCUT2D eigenvalue weighted by Gasteiger charge is 2.27. The minimum absolute atomic E-state index is 0.114. The second-order valence-electron chi connectivity index (χ2n) is 7.23. The smallest absolute Gasteiger partial charge is 0.334 e. The highest BCUT2D eigenvalue weighted by molar-refractivity contribution is 6.33. The van der Waals surface area contributed by atoms with Gasteiger partial charge in [-0.05, 0) is 36.6 Å². The summed E-state index contributed by atoms with van der Waals surface area (Å²) in [5, 5.41) is 15.6. The van der Waals surface area contributed by atoms with Crippen LogP contribution < -0.4 is 10.2 Å². The van der Waals surface area contributed by atoms with Crippen molar-refractivity contribution in [1.29, 1.82) is 0 Å². The molecule has 0 saturated carbocycles. The van der Waals surface area contributed by atoms with Gasteiger partial charge in [0.05, 0.1) is 28.8 Å². The van der Waals surface area contributed by atoms with Crippen molar-refractivity contribution in [3.63, 3.8) is 0 Å². The van der Waals surface area contributed by atoms with Crippen LogP contribution in [0.5, 0.6) is 0 Å². The van der Waals surface area contributed by atoms with Crippen LogP contribution in [-0.4, -0.2) is 50.4 Å². The zero-order valence-electron chi connectivity index (χ0n) is 18.1. The van der Waals surface area contributed by atoms with Crippen LogP contribution in [0.3, 0.4) is 0 Å². The van der Waals surface area contributed by atoms with Crippen LogP contribution in [0.1, 0.15) is 31.0 Å². The van der Waals surface area contributed by atoms with Gasteiger partial charge in [-0.2, -0.15) is 0 Å². The molecule has 8 nitrogen and oxygen atoms in total. The molecule has 0 bridgehead atoms. The topological polar surface area (TPSA) is 89.8 Å². The maximum Gasteiger partial charge on any atom is 0.334 e. The molecule has 0 radical (unpaired) electrons. The van der Waals surface area contributed by atoms with Crippen molar-refractivity contribution in [2.24, 2.45) is 0 Å². The van der Waals surface area contributed by atoms with Crippen LogP contribution in [0.15, 0.2) is 24.3 Å². The Morgan fingerprint density at radius 3 is 2.33 bits per heavy atom. The number of aromatic nitrogens is 1. The Hall–Kier alpha value is -2.42. The van der Waals surface area contributed by atoms with Gasteiger partial charge in [0.2, 0.25) is 5.82 Å². The van der Waals surface area contributed by atoms with Crippen molar-refractivity contribution >= 4 is 34.5 Å². The Morgan fingerprint density at radius 2 is 1.83 bits per heavy atom. The van der Waals surface area contributed by atoms with Gasteiger partial charge >= 0.3 is 5.69 Å². The number of pyridine rings is 1. The minimum atomic E-state index is -0.424. The summed E-state index contributed by atoms with van der Waals surface area (Å²) in [5.74, 6) is 0.471. The SMILES string of the molecule is COCCN(CCOC)c1cc(C)nc(Nc2ccc(C(C)C)cc2Cl)c1[N+](=O)[O-]. The molecule has 0 aliphatic heterocycles. The Bertz CT molecular complexity index is 868. The second kappa shape index (κ2) is 11.1. The quantitative estimate of drug-likeness (QED) is 0.395. The summed E-state index contributed by atoms with van der Waals surface area (Å²) in [5.41, 5.74) is 2.64. The molecule has 164 valence electrons. The standard InChI is InChI=1S/C21H29ClN4O4/c1-14(2)16-6-7-18(17(22)13-16)24-21-20(26(27)28)19(12-15(3)23-21)25(8-10-29-4)9-11-30-5/h6-7,12-14H,8-11H2,1-5H3,(H,23,24). The van der Waals surface area contributed by atoms with Crippen molar-refractivity contribution in [3.8, 4) is 0 Å². The van der Waals surface area contributed by atoms with Crippen LogP contribution >= 0.6 is 11.6 Å². The number of nitrogens with one attached hydrogen (secondary N) is 1. The predicted octanol–water partition coefficient (Wildman–Crippen LogP) is 4.92. The third-order valence-corrected chi connectivity index (χ3v) is 4.98. The summed E-state index contributed by atoms with van der Waals surface area (Å²) >= 11 is 6.43. The molecule has 1 aromatic carbocycles. The number of hydrogen-bond acceptors (Lipinski definition) is 7. The summed E-state index contributed by atoms with van der Waals surface area (Å²) in [4.78, 5) is 17.9. The lowest BCUT2D eigenvalue weighted by Crippen LogP contribution is -2.31. The van der Waals surface area contributed by atoms with E-state index < -0.39 is 4.92 Å². The van der Waals surface area contributed by atoms with Gasteiger partial charge in [-0.15, -0.1) is 0 Å². The molecule has 1 aromatic heterocycles. The fourth-order valence-electron chi connectivity index (χ4n) is 3.03. The van der Waals surface area contributed by atoms with Crippen LogP contribution in [-0.2, 0) is 9.47 Å². The average Bonchev–Trinajstić information content (AvgIpc) is 2.68. The number of nitro groups is 1. The van der Waals surface area contributed by atoms with Gasteiger partial charge in [0, 0.05) is 33.0 Å². The molecule has 2 aromatic rings. The van der Waals surface area contributed by atoms with Crippen molar-refractivity contribution in [1.82, 2.24) is 4.98 Å². The molecule has 0 amide bonds. The van der Waals surface area contributed by atoms with Crippen molar-refractivity contribution in [2.75, 3.05) is 50.7 Å². The minimum Gasteiger partial charge on any atom is -0.383 e. The average molecular weight is 437 g/mol. The molecule has 30 heavy (non-hydrogen) atoms. The zero-order valence-corrected chi connectivity index (χ0v) is 18.8. The molecule has 0 spiro atoms. The Kier molecular flexibility index (Phi) is 8.83. The number of methoxy groups -OCH3 is 2. The molecule has 0 aliphatic rings. The largest absolute Gasteiger partial charge is 0.383 e. The monoisotopic (exact) mass is 436 g/mol. The molecule has 2 rings (SSSR count). The van der Waals surface area contributed by atoms with Crippen LogP contribution in [0.2, 0.25) is 5.02 Å². The summed E-state index contributed by atoms with van der Waals surface area (Å²) < 4.78 is 10.4. The highest BCUT2D eigenvalue weighted by atomic mass is 35.5. The first kappa shape index (κ1) is 23.9. The maximum atomic E-state index is 12.0. The molecule has 0 atom stereocenters.